The second-order valence-corrected chi connectivity index (χ2v) is 4.87. The Labute approximate surface area is 119 Å². The molecule has 4 N–H and O–H groups in total. The number of carboxylic acids is 1. The third kappa shape index (κ3) is 6.96. The van der Waals surface area contributed by atoms with E-state index < -0.39 is 17.5 Å². The number of carbonyl (C=O) groups is 3. The molecule has 20 heavy (non-hydrogen) atoms. The number of carbonyl (C=O) groups excluding carboxylic acids is 2. The Kier molecular flexibility index (Phi) is 8.35. The highest BCUT2D eigenvalue weighted by Gasteiger charge is 2.33. The fourth-order valence-corrected chi connectivity index (χ4v) is 1.66. The van der Waals surface area contributed by atoms with E-state index in [9.17, 15) is 14.4 Å². The van der Waals surface area contributed by atoms with Gasteiger partial charge in [-0.25, -0.2) is 9.59 Å². The van der Waals surface area contributed by atoms with E-state index in [-0.39, 0.29) is 18.9 Å². The second-order valence-electron chi connectivity index (χ2n) is 4.87. The van der Waals surface area contributed by atoms with Crippen LogP contribution in [0.2, 0.25) is 0 Å². The van der Waals surface area contributed by atoms with Gasteiger partial charge in [0.15, 0.2) is 0 Å². The maximum atomic E-state index is 11.6. The first-order valence-corrected chi connectivity index (χ1v) is 6.91. The molecular formula is C13H25N3O4. The maximum Gasteiger partial charge on any atom is 0.329 e. The van der Waals surface area contributed by atoms with Gasteiger partial charge in [-0.15, -0.1) is 0 Å². The van der Waals surface area contributed by atoms with Gasteiger partial charge in [-0.05, 0) is 19.8 Å². The molecule has 0 aromatic rings. The Hall–Kier alpha value is -1.79. The van der Waals surface area contributed by atoms with Crippen LogP contribution >= 0.6 is 0 Å². The van der Waals surface area contributed by atoms with E-state index in [1.165, 1.54) is 6.92 Å². The van der Waals surface area contributed by atoms with Crippen LogP contribution in [0.15, 0.2) is 0 Å². The van der Waals surface area contributed by atoms with Crippen molar-refractivity contribution in [1.82, 2.24) is 16.0 Å². The average Bonchev–Trinajstić information content (AvgIpc) is 2.36. The minimum atomic E-state index is -1.29. The van der Waals surface area contributed by atoms with Crippen LogP contribution in [0.3, 0.4) is 0 Å². The Morgan fingerprint density at radius 1 is 1.05 bits per heavy atom. The van der Waals surface area contributed by atoms with Gasteiger partial charge < -0.3 is 21.1 Å². The van der Waals surface area contributed by atoms with Crippen molar-refractivity contribution in [2.45, 2.75) is 52.0 Å². The SMILES string of the molecule is CCCNC(=O)CCNC(=O)NC(C)(CCC)C(=O)O. The topological polar surface area (TPSA) is 108 Å². The second kappa shape index (κ2) is 9.17. The molecule has 0 saturated carbocycles. The molecule has 0 heterocycles. The minimum Gasteiger partial charge on any atom is -0.480 e. The molecule has 1 atom stereocenters. The lowest BCUT2D eigenvalue weighted by Gasteiger charge is -2.25. The lowest BCUT2D eigenvalue weighted by Crippen LogP contribution is -2.55. The molecule has 0 aromatic carbocycles. The number of rotatable bonds is 9. The van der Waals surface area contributed by atoms with Crippen LogP contribution in [0.1, 0.15) is 46.5 Å². The zero-order chi connectivity index (χ0) is 15.6. The molecule has 0 saturated heterocycles. The van der Waals surface area contributed by atoms with E-state index in [1.54, 1.807) is 0 Å². The molecule has 116 valence electrons. The van der Waals surface area contributed by atoms with E-state index in [1.807, 2.05) is 13.8 Å². The number of aliphatic carboxylic acids is 1. The predicted molar refractivity (Wildman–Crippen MR) is 75.4 cm³/mol. The van der Waals surface area contributed by atoms with Crippen LogP contribution < -0.4 is 16.0 Å². The summed E-state index contributed by atoms with van der Waals surface area (Å²) in [4.78, 5) is 34.1. The van der Waals surface area contributed by atoms with Crippen LogP contribution in [0.4, 0.5) is 4.79 Å². The molecular weight excluding hydrogens is 262 g/mol. The van der Waals surface area contributed by atoms with Crippen molar-refractivity contribution in [2.24, 2.45) is 0 Å². The average molecular weight is 287 g/mol. The molecule has 3 amide bonds. The summed E-state index contributed by atoms with van der Waals surface area (Å²) in [6, 6.07) is -0.577. The monoisotopic (exact) mass is 287 g/mol. The van der Waals surface area contributed by atoms with Crippen molar-refractivity contribution in [3.8, 4) is 0 Å². The van der Waals surface area contributed by atoms with E-state index in [4.69, 9.17) is 5.11 Å². The molecule has 0 spiro atoms. The molecule has 0 aliphatic carbocycles. The Balaban J connectivity index is 4.09. The number of nitrogens with one attached hydrogen (secondary N) is 3. The number of carboxylic acid groups (broad SMARTS) is 1. The molecule has 0 aliphatic rings. The van der Waals surface area contributed by atoms with Crippen molar-refractivity contribution in [1.29, 1.82) is 0 Å². The Morgan fingerprint density at radius 3 is 2.20 bits per heavy atom. The first-order chi connectivity index (χ1) is 9.35. The van der Waals surface area contributed by atoms with Gasteiger partial charge >= 0.3 is 12.0 Å². The molecule has 0 aliphatic heterocycles. The molecule has 0 fully saturated rings. The summed E-state index contributed by atoms with van der Waals surface area (Å²) in [5.41, 5.74) is -1.29. The first kappa shape index (κ1) is 18.2. The highest BCUT2D eigenvalue weighted by atomic mass is 16.4. The fraction of sp³-hybridized carbons (Fsp3) is 0.769. The molecule has 0 aromatic heterocycles. The first-order valence-electron chi connectivity index (χ1n) is 6.91. The summed E-state index contributed by atoms with van der Waals surface area (Å²) < 4.78 is 0. The smallest absolute Gasteiger partial charge is 0.329 e. The minimum absolute atomic E-state index is 0.137. The highest BCUT2D eigenvalue weighted by molar-refractivity contribution is 5.86. The van der Waals surface area contributed by atoms with Gasteiger partial charge in [0.25, 0.3) is 0 Å². The van der Waals surface area contributed by atoms with Crippen LogP contribution in [0, 0.1) is 0 Å². The van der Waals surface area contributed by atoms with Gasteiger partial charge in [0.2, 0.25) is 5.91 Å². The third-order valence-corrected chi connectivity index (χ3v) is 2.82. The van der Waals surface area contributed by atoms with Crippen LogP contribution in [0.5, 0.6) is 0 Å². The number of amides is 3. The Morgan fingerprint density at radius 2 is 1.70 bits per heavy atom. The summed E-state index contributed by atoms with van der Waals surface area (Å²) in [6.07, 6.45) is 2.01. The predicted octanol–water partition coefficient (Wildman–Crippen LogP) is 0.845. The van der Waals surface area contributed by atoms with Gasteiger partial charge in [0.05, 0.1) is 0 Å². The van der Waals surface area contributed by atoms with Crippen LogP contribution in [-0.2, 0) is 9.59 Å². The zero-order valence-electron chi connectivity index (χ0n) is 12.4. The van der Waals surface area contributed by atoms with E-state index >= 15 is 0 Å². The largest absolute Gasteiger partial charge is 0.480 e. The van der Waals surface area contributed by atoms with Crippen molar-refractivity contribution in [3.63, 3.8) is 0 Å². The zero-order valence-corrected chi connectivity index (χ0v) is 12.4. The van der Waals surface area contributed by atoms with Crippen molar-refractivity contribution in [2.75, 3.05) is 13.1 Å². The van der Waals surface area contributed by atoms with Gasteiger partial charge in [-0.3, -0.25) is 4.79 Å². The summed E-state index contributed by atoms with van der Waals surface area (Å²) >= 11 is 0. The Bertz CT molecular complexity index is 347. The third-order valence-electron chi connectivity index (χ3n) is 2.82. The van der Waals surface area contributed by atoms with E-state index in [0.717, 1.165) is 6.42 Å². The molecule has 0 rings (SSSR count). The molecule has 7 nitrogen and oxygen atoms in total. The quantitative estimate of drug-likeness (QED) is 0.504. The lowest BCUT2D eigenvalue weighted by molar-refractivity contribution is -0.144. The molecule has 1 unspecified atom stereocenters. The van der Waals surface area contributed by atoms with E-state index in [0.29, 0.717) is 19.4 Å². The molecule has 0 bridgehead atoms. The summed E-state index contributed by atoms with van der Waals surface area (Å²) in [7, 11) is 0. The molecule has 7 heteroatoms. The number of hydrogen-bond acceptors (Lipinski definition) is 3. The van der Waals surface area contributed by atoms with Crippen molar-refractivity contribution < 1.29 is 19.5 Å². The summed E-state index contributed by atoms with van der Waals surface area (Å²) in [5.74, 6) is -1.21. The fourth-order valence-electron chi connectivity index (χ4n) is 1.66. The van der Waals surface area contributed by atoms with Crippen LogP contribution in [0.25, 0.3) is 0 Å². The van der Waals surface area contributed by atoms with E-state index in [2.05, 4.69) is 16.0 Å². The van der Waals surface area contributed by atoms with Crippen molar-refractivity contribution in [3.05, 3.63) is 0 Å². The normalized spacial score (nSPS) is 13.2. The van der Waals surface area contributed by atoms with Crippen LogP contribution in [-0.4, -0.2) is 41.6 Å². The highest BCUT2D eigenvalue weighted by Crippen LogP contribution is 2.12. The molecule has 0 radical (unpaired) electrons. The lowest BCUT2D eigenvalue weighted by atomic mass is 9.97. The van der Waals surface area contributed by atoms with Gasteiger partial charge in [-0.1, -0.05) is 20.3 Å². The van der Waals surface area contributed by atoms with Gasteiger partial charge in [-0.2, -0.15) is 0 Å². The van der Waals surface area contributed by atoms with Crippen molar-refractivity contribution >= 4 is 17.9 Å². The maximum absolute atomic E-state index is 11.6. The summed E-state index contributed by atoms with van der Waals surface area (Å²) in [5, 5.41) is 16.7. The standard InChI is InChI=1S/C13H25N3O4/c1-4-7-13(3,11(18)19)16-12(20)15-9-6-10(17)14-8-5-2/h4-9H2,1-3H3,(H,14,17)(H,18,19)(H2,15,16,20). The van der Waals surface area contributed by atoms with Gasteiger partial charge in [0.1, 0.15) is 5.54 Å². The summed E-state index contributed by atoms with van der Waals surface area (Å²) in [6.45, 7) is 6.04. The van der Waals surface area contributed by atoms with Gasteiger partial charge in [0, 0.05) is 19.5 Å². The number of urea groups is 1. The number of hydrogen-bond donors (Lipinski definition) is 4.